The fraction of sp³-hybridized carbons (Fsp3) is 0.286. The highest BCUT2D eigenvalue weighted by molar-refractivity contribution is 6.03. The third kappa shape index (κ3) is 8.38. The number of hydrogen-bond acceptors (Lipinski definition) is 4. The molecule has 0 fully saturated rings. The molecule has 0 N–H and O–H groups in total. The Balaban J connectivity index is 2.93. The van der Waals surface area contributed by atoms with Gasteiger partial charge in [-0.1, -0.05) is 73.9 Å². The lowest BCUT2D eigenvalue weighted by Crippen LogP contribution is -2.26. The predicted molar refractivity (Wildman–Crippen MR) is 131 cm³/mol. The average Bonchev–Trinajstić information content (AvgIpc) is 2.79. The van der Waals surface area contributed by atoms with Crippen molar-refractivity contribution in [3.8, 4) is 0 Å². The minimum absolute atomic E-state index is 0.0637. The number of carbonyl (C=O) groups excluding carboxylic acids is 2. The van der Waals surface area contributed by atoms with Gasteiger partial charge in [0.15, 0.2) is 0 Å². The molecule has 4 heteroatoms. The van der Waals surface area contributed by atoms with Crippen LogP contribution in [0.4, 0.5) is 0 Å². The number of esters is 2. The summed E-state index contributed by atoms with van der Waals surface area (Å²) in [5, 5.41) is 0. The van der Waals surface area contributed by atoms with Crippen LogP contribution in [0.15, 0.2) is 99.2 Å². The Bertz CT molecular complexity index is 791. The van der Waals surface area contributed by atoms with Gasteiger partial charge >= 0.3 is 11.9 Å². The third-order valence-electron chi connectivity index (χ3n) is 5.12. The van der Waals surface area contributed by atoms with E-state index < -0.39 is 24.1 Å². The number of allylic oxidation sites excluding steroid dienone is 6. The molecule has 4 unspecified atom stereocenters. The number of benzene rings is 1. The van der Waals surface area contributed by atoms with E-state index in [1.807, 2.05) is 24.3 Å². The highest BCUT2D eigenvalue weighted by atomic mass is 16.5. The monoisotopic (exact) mass is 434 g/mol. The van der Waals surface area contributed by atoms with E-state index in [1.165, 1.54) is 0 Å². The van der Waals surface area contributed by atoms with Crippen LogP contribution in [0.5, 0.6) is 0 Å². The normalized spacial score (nSPS) is 14.8. The molecule has 0 bridgehead atoms. The molecule has 0 aliphatic carbocycles. The minimum Gasteiger partial charge on any atom is -0.458 e. The molecule has 0 aliphatic heterocycles. The van der Waals surface area contributed by atoms with Crippen LogP contribution in [0.1, 0.15) is 47.4 Å². The van der Waals surface area contributed by atoms with E-state index in [0.717, 1.165) is 0 Å². The Morgan fingerprint density at radius 1 is 0.781 bits per heavy atom. The van der Waals surface area contributed by atoms with E-state index in [2.05, 4.69) is 26.3 Å². The van der Waals surface area contributed by atoms with E-state index in [0.29, 0.717) is 12.8 Å². The van der Waals surface area contributed by atoms with Gasteiger partial charge in [0.25, 0.3) is 0 Å². The Morgan fingerprint density at radius 3 is 1.47 bits per heavy atom. The maximum atomic E-state index is 12.8. The summed E-state index contributed by atoms with van der Waals surface area (Å²) in [5.41, 5.74) is 0.338. The summed E-state index contributed by atoms with van der Waals surface area (Å²) in [6.45, 7) is 18.6. The fourth-order valence-corrected chi connectivity index (χ4v) is 3.10. The molecule has 0 aromatic heterocycles. The third-order valence-corrected chi connectivity index (χ3v) is 5.12. The minimum atomic E-state index is -0.577. The second-order valence-corrected chi connectivity index (χ2v) is 7.36. The Hall–Kier alpha value is -3.40. The maximum Gasteiger partial charge on any atom is 0.339 e. The summed E-state index contributed by atoms with van der Waals surface area (Å²) < 4.78 is 11.3. The summed E-state index contributed by atoms with van der Waals surface area (Å²) in [5.74, 6) is -1.28. The van der Waals surface area contributed by atoms with Crippen LogP contribution >= 0.6 is 0 Å². The van der Waals surface area contributed by atoms with Crippen molar-refractivity contribution in [2.24, 2.45) is 11.8 Å². The maximum absolute atomic E-state index is 12.8. The number of hydrogen-bond donors (Lipinski definition) is 0. The van der Waals surface area contributed by atoms with Crippen molar-refractivity contribution >= 4 is 11.9 Å². The Morgan fingerprint density at radius 2 is 1.16 bits per heavy atom. The smallest absolute Gasteiger partial charge is 0.339 e. The second-order valence-electron chi connectivity index (χ2n) is 7.36. The van der Waals surface area contributed by atoms with Crippen LogP contribution in [-0.4, -0.2) is 24.1 Å². The highest BCUT2D eigenvalue weighted by Crippen LogP contribution is 2.21. The van der Waals surface area contributed by atoms with Crippen molar-refractivity contribution < 1.29 is 19.1 Å². The number of ether oxygens (including phenoxy) is 2. The zero-order chi connectivity index (χ0) is 23.9. The molecule has 4 nitrogen and oxygen atoms in total. The molecule has 4 atom stereocenters. The highest BCUT2D eigenvalue weighted by Gasteiger charge is 2.25. The zero-order valence-corrected chi connectivity index (χ0v) is 19.1. The van der Waals surface area contributed by atoms with Crippen LogP contribution in [-0.2, 0) is 9.47 Å². The summed E-state index contributed by atoms with van der Waals surface area (Å²) in [6.07, 6.45) is 14.9. The predicted octanol–water partition coefficient (Wildman–Crippen LogP) is 6.65. The van der Waals surface area contributed by atoms with Gasteiger partial charge in [0.1, 0.15) is 12.2 Å². The molecule has 0 spiro atoms. The lowest BCUT2D eigenvalue weighted by molar-refractivity contribution is 0.0204. The van der Waals surface area contributed by atoms with Crippen molar-refractivity contribution in [2.75, 3.05) is 0 Å². The van der Waals surface area contributed by atoms with Gasteiger partial charge in [0.05, 0.1) is 11.1 Å². The van der Waals surface area contributed by atoms with E-state index >= 15 is 0 Å². The number of rotatable bonds is 14. The van der Waals surface area contributed by atoms with Crippen molar-refractivity contribution in [1.82, 2.24) is 0 Å². The van der Waals surface area contributed by atoms with Gasteiger partial charge in [0.2, 0.25) is 0 Å². The zero-order valence-electron chi connectivity index (χ0n) is 19.1. The van der Waals surface area contributed by atoms with Crippen LogP contribution in [0.25, 0.3) is 0 Å². The topological polar surface area (TPSA) is 52.6 Å². The Labute approximate surface area is 192 Å². The molecule has 1 aromatic carbocycles. The molecule has 0 heterocycles. The summed E-state index contributed by atoms with van der Waals surface area (Å²) >= 11 is 0. The molecule has 0 amide bonds. The van der Waals surface area contributed by atoms with Gasteiger partial charge in [-0.25, -0.2) is 9.59 Å². The summed E-state index contributed by atoms with van der Waals surface area (Å²) in [7, 11) is 0. The van der Waals surface area contributed by atoms with E-state index in [9.17, 15) is 9.59 Å². The van der Waals surface area contributed by atoms with Gasteiger partial charge < -0.3 is 9.47 Å². The van der Waals surface area contributed by atoms with Crippen molar-refractivity contribution in [3.05, 3.63) is 110 Å². The molecule has 0 aliphatic rings. The molecule has 1 rings (SSSR count). The van der Waals surface area contributed by atoms with Crippen LogP contribution in [0.3, 0.4) is 0 Å². The van der Waals surface area contributed by atoms with Gasteiger partial charge in [-0.15, -0.1) is 13.2 Å². The first-order valence-corrected chi connectivity index (χ1v) is 10.7. The molecular formula is C28H34O4. The second kappa shape index (κ2) is 14.6. The largest absolute Gasteiger partial charge is 0.458 e. The first-order chi connectivity index (χ1) is 15.4. The van der Waals surface area contributed by atoms with Gasteiger partial charge in [-0.2, -0.15) is 0 Å². The number of carbonyl (C=O) groups is 2. The van der Waals surface area contributed by atoms with Gasteiger partial charge in [0, 0.05) is 11.8 Å². The SMILES string of the molecule is C=CC=CCC(C=C)C(C)OC(=O)c1ccccc1C(=O)OC(C)C(C=C)CC=CC=C. The standard InChI is InChI=1S/C28H34O4/c1-7-11-13-17-23(9-3)21(5)31-27(29)25-19-15-16-20-26(25)28(30)32-22(6)24(10-4)18-14-12-8-2/h7-16,19-24H,1-4,17-18H2,5-6H3. The summed E-state index contributed by atoms with van der Waals surface area (Å²) in [4.78, 5) is 25.7. The molecular weight excluding hydrogens is 400 g/mol. The first-order valence-electron chi connectivity index (χ1n) is 10.7. The van der Waals surface area contributed by atoms with E-state index in [1.54, 1.807) is 62.4 Å². The quantitative estimate of drug-likeness (QED) is 0.187. The van der Waals surface area contributed by atoms with Crippen LogP contribution < -0.4 is 0 Å². The van der Waals surface area contributed by atoms with Gasteiger partial charge in [-0.3, -0.25) is 0 Å². The average molecular weight is 435 g/mol. The van der Waals surface area contributed by atoms with Gasteiger partial charge in [-0.05, 0) is 38.8 Å². The molecule has 0 saturated carbocycles. The van der Waals surface area contributed by atoms with E-state index in [-0.39, 0.29) is 23.0 Å². The molecule has 170 valence electrons. The van der Waals surface area contributed by atoms with E-state index in [4.69, 9.17) is 9.47 Å². The summed E-state index contributed by atoms with van der Waals surface area (Å²) in [6, 6.07) is 6.50. The van der Waals surface area contributed by atoms with Crippen LogP contribution in [0.2, 0.25) is 0 Å². The fourth-order valence-electron chi connectivity index (χ4n) is 3.10. The lowest BCUT2D eigenvalue weighted by atomic mass is 9.99. The molecule has 0 radical (unpaired) electrons. The Kier molecular flexibility index (Phi) is 12.1. The molecule has 0 saturated heterocycles. The van der Waals surface area contributed by atoms with Crippen LogP contribution in [0, 0.1) is 11.8 Å². The lowest BCUT2D eigenvalue weighted by Gasteiger charge is -2.22. The molecule has 1 aromatic rings. The van der Waals surface area contributed by atoms with Crippen molar-refractivity contribution in [3.63, 3.8) is 0 Å². The van der Waals surface area contributed by atoms with Crippen molar-refractivity contribution in [1.29, 1.82) is 0 Å². The first kappa shape index (κ1) is 26.6. The molecule has 32 heavy (non-hydrogen) atoms. The van der Waals surface area contributed by atoms with Crippen molar-refractivity contribution in [2.45, 2.75) is 38.9 Å².